The molecule has 0 aliphatic rings. The Morgan fingerprint density at radius 3 is 1.29 bits per heavy atom. The molecule has 4 heteroatoms. The molecule has 0 unspecified atom stereocenters. The Morgan fingerprint density at radius 1 is 0.857 bits per heavy atom. The first kappa shape index (κ1) is 11.9. The summed E-state index contributed by atoms with van der Waals surface area (Å²) in [5.74, 6) is -2.64. The minimum atomic E-state index is -1.32. The first-order valence-electron chi connectivity index (χ1n) is 3.67. The number of carboxylic acid groups (broad SMARTS) is 2. The van der Waals surface area contributed by atoms with Crippen molar-refractivity contribution in [2.45, 2.75) is 0 Å². The molecular formula is C10H10O4. The predicted octanol–water partition coefficient (Wildman–Crippen LogP) is 1.38. The lowest BCUT2D eigenvalue weighted by atomic mass is 10.1. The molecule has 0 rings (SSSR count). The molecular weight excluding hydrogens is 184 g/mol. The number of hydrogen-bond acceptors (Lipinski definition) is 2. The molecule has 0 aliphatic heterocycles. The molecule has 0 aliphatic carbocycles. The van der Waals surface area contributed by atoms with Gasteiger partial charge in [0.25, 0.3) is 0 Å². The highest BCUT2D eigenvalue weighted by molar-refractivity contribution is 6.05. The Balaban J connectivity index is 5.35. The van der Waals surface area contributed by atoms with Gasteiger partial charge in [-0.1, -0.05) is 25.3 Å². The fourth-order valence-electron chi connectivity index (χ4n) is 0.788. The number of hydrogen-bond donors (Lipinski definition) is 2. The first-order valence-corrected chi connectivity index (χ1v) is 3.67. The summed E-state index contributed by atoms with van der Waals surface area (Å²) in [6.07, 6.45) is 4.66. The monoisotopic (exact) mass is 194 g/mol. The summed E-state index contributed by atoms with van der Waals surface area (Å²) in [7, 11) is 0. The van der Waals surface area contributed by atoms with Gasteiger partial charge in [0.15, 0.2) is 0 Å². The lowest BCUT2D eigenvalue weighted by Gasteiger charge is -2.00. The highest BCUT2D eigenvalue weighted by Gasteiger charge is 2.17. The molecule has 0 saturated heterocycles. The molecule has 0 aromatic rings. The van der Waals surface area contributed by atoms with Crippen molar-refractivity contribution < 1.29 is 19.8 Å². The van der Waals surface area contributed by atoms with Crippen LogP contribution in [0.2, 0.25) is 0 Å². The second kappa shape index (κ2) is 5.53. The predicted molar refractivity (Wildman–Crippen MR) is 51.8 cm³/mol. The highest BCUT2D eigenvalue weighted by Crippen LogP contribution is 2.11. The van der Waals surface area contributed by atoms with Crippen LogP contribution in [0.4, 0.5) is 0 Å². The van der Waals surface area contributed by atoms with Gasteiger partial charge in [0, 0.05) is 0 Å². The van der Waals surface area contributed by atoms with Crippen LogP contribution in [0.5, 0.6) is 0 Å². The van der Waals surface area contributed by atoms with Crippen molar-refractivity contribution >= 4 is 11.9 Å². The van der Waals surface area contributed by atoms with Gasteiger partial charge in [0.2, 0.25) is 0 Å². The van der Waals surface area contributed by atoms with Gasteiger partial charge < -0.3 is 10.2 Å². The normalized spacial score (nSPS) is 12.0. The van der Waals surface area contributed by atoms with Crippen molar-refractivity contribution in [3.05, 3.63) is 48.6 Å². The van der Waals surface area contributed by atoms with Crippen LogP contribution in [0.1, 0.15) is 0 Å². The maximum atomic E-state index is 10.7. The van der Waals surface area contributed by atoms with Crippen LogP contribution in [-0.2, 0) is 9.59 Å². The average molecular weight is 194 g/mol. The van der Waals surface area contributed by atoms with E-state index in [1.807, 2.05) is 0 Å². The van der Waals surface area contributed by atoms with E-state index in [1.165, 1.54) is 12.2 Å². The van der Waals surface area contributed by atoms with E-state index in [2.05, 4.69) is 13.2 Å². The smallest absolute Gasteiger partial charge is 0.336 e. The van der Waals surface area contributed by atoms with Gasteiger partial charge in [-0.15, -0.1) is 0 Å². The molecule has 0 fully saturated rings. The van der Waals surface area contributed by atoms with Gasteiger partial charge in [0.05, 0.1) is 11.1 Å². The lowest BCUT2D eigenvalue weighted by Crippen LogP contribution is -2.10. The summed E-state index contributed by atoms with van der Waals surface area (Å²) in [6, 6.07) is 0. The highest BCUT2D eigenvalue weighted by atomic mass is 16.4. The molecule has 0 heterocycles. The fraction of sp³-hybridized carbons (Fsp3) is 0. The van der Waals surface area contributed by atoms with Gasteiger partial charge in [-0.05, 0) is 12.2 Å². The Kier molecular flexibility index (Phi) is 4.70. The van der Waals surface area contributed by atoms with Crippen molar-refractivity contribution in [3.63, 3.8) is 0 Å². The van der Waals surface area contributed by atoms with E-state index in [1.54, 1.807) is 0 Å². The Hall–Kier alpha value is -2.10. The van der Waals surface area contributed by atoms with Crippen LogP contribution in [0.3, 0.4) is 0 Å². The second-order valence-electron chi connectivity index (χ2n) is 2.24. The third-order valence-electron chi connectivity index (χ3n) is 1.32. The first-order chi connectivity index (χ1) is 6.54. The number of aliphatic carboxylic acids is 2. The van der Waals surface area contributed by atoms with Gasteiger partial charge in [0.1, 0.15) is 0 Å². The summed E-state index contributed by atoms with van der Waals surface area (Å²) in [6.45, 7) is 6.60. The number of allylic oxidation sites excluding steroid dienone is 4. The summed E-state index contributed by atoms with van der Waals surface area (Å²) in [5.41, 5.74) is -0.653. The van der Waals surface area contributed by atoms with E-state index in [0.717, 1.165) is 12.2 Å². The van der Waals surface area contributed by atoms with Crippen molar-refractivity contribution in [2.75, 3.05) is 0 Å². The van der Waals surface area contributed by atoms with E-state index in [4.69, 9.17) is 10.2 Å². The quantitative estimate of drug-likeness (QED) is 0.512. The molecule has 0 amide bonds. The topological polar surface area (TPSA) is 74.6 Å². The molecule has 2 N–H and O–H groups in total. The van der Waals surface area contributed by atoms with E-state index >= 15 is 0 Å². The zero-order valence-electron chi connectivity index (χ0n) is 7.43. The van der Waals surface area contributed by atoms with Gasteiger partial charge in [-0.3, -0.25) is 0 Å². The van der Waals surface area contributed by atoms with Crippen LogP contribution in [0.15, 0.2) is 48.6 Å². The van der Waals surface area contributed by atoms with Gasteiger partial charge in [-0.25, -0.2) is 9.59 Å². The molecule has 0 bridgehead atoms. The van der Waals surface area contributed by atoms with Crippen LogP contribution >= 0.6 is 0 Å². The maximum absolute atomic E-state index is 10.7. The molecule has 4 nitrogen and oxygen atoms in total. The van der Waals surface area contributed by atoms with Crippen molar-refractivity contribution in [3.8, 4) is 0 Å². The van der Waals surface area contributed by atoms with Crippen LogP contribution in [-0.4, -0.2) is 22.2 Å². The summed E-state index contributed by atoms with van der Waals surface area (Å²) in [4.78, 5) is 21.3. The third-order valence-corrected chi connectivity index (χ3v) is 1.32. The molecule has 74 valence electrons. The van der Waals surface area contributed by atoms with Crippen LogP contribution in [0.25, 0.3) is 0 Å². The number of rotatable bonds is 5. The molecule has 0 aromatic carbocycles. The third kappa shape index (κ3) is 3.10. The summed E-state index contributed by atoms with van der Waals surface area (Å²) >= 11 is 0. The van der Waals surface area contributed by atoms with E-state index < -0.39 is 11.9 Å². The minimum Gasteiger partial charge on any atom is -0.478 e. The van der Waals surface area contributed by atoms with Gasteiger partial charge in [-0.2, -0.15) is 0 Å². The minimum absolute atomic E-state index is 0.326. The molecule has 14 heavy (non-hydrogen) atoms. The van der Waals surface area contributed by atoms with Crippen LogP contribution < -0.4 is 0 Å². The SMILES string of the molecule is C=CC=C(C(=O)O)C(=CC=C)C(=O)O. The molecule has 0 radical (unpaired) electrons. The zero-order valence-corrected chi connectivity index (χ0v) is 7.43. The Labute approximate surface area is 81.2 Å². The number of carboxylic acids is 2. The van der Waals surface area contributed by atoms with Crippen molar-refractivity contribution in [2.24, 2.45) is 0 Å². The molecule has 0 aromatic heterocycles. The van der Waals surface area contributed by atoms with Crippen molar-refractivity contribution in [1.29, 1.82) is 0 Å². The second-order valence-corrected chi connectivity index (χ2v) is 2.24. The number of carbonyl (C=O) groups is 2. The van der Waals surface area contributed by atoms with Gasteiger partial charge >= 0.3 is 11.9 Å². The summed E-state index contributed by atoms with van der Waals surface area (Å²) < 4.78 is 0. The lowest BCUT2D eigenvalue weighted by molar-refractivity contribution is -0.136. The Bertz CT molecular complexity index is 300. The molecule has 0 atom stereocenters. The fourth-order valence-corrected chi connectivity index (χ4v) is 0.788. The largest absolute Gasteiger partial charge is 0.478 e. The Morgan fingerprint density at radius 2 is 1.14 bits per heavy atom. The molecule has 0 saturated carbocycles. The van der Waals surface area contributed by atoms with E-state index in [-0.39, 0.29) is 11.1 Å². The maximum Gasteiger partial charge on any atom is 0.336 e. The van der Waals surface area contributed by atoms with E-state index in [0.29, 0.717) is 0 Å². The average Bonchev–Trinajstić information content (AvgIpc) is 2.10. The zero-order chi connectivity index (χ0) is 11.1. The standard InChI is InChI=1S/C10H10O4/c1-3-5-7(9(11)12)8(6-4-2)10(13)14/h3-6H,1-2H2,(H,11,12)(H,13,14). The molecule has 0 spiro atoms. The van der Waals surface area contributed by atoms with Crippen molar-refractivity contribution in [1.82, 2.24) is 0 Å². The van der Waals surface area contributed by atoms with E-state index in [9.17, 15) is 9.59 Å². The van der Waals surface area contributed by atoms with Crippen LogP contribution in [0, 0.1) is 0 Å². The summed E-state index contributed by atoms with van der Waals surface area (Å²) in [5, 5.41) is 17.4.